The summed E-state index contributed by atoms with van der Waals surface area (Å²) < 4.78 is 0. The standard InChI is InChI=1S/C18H18N2/c1-2-14-7-3-4-11-17(14)20-13-16-9-5-8-15-10-6-12-19-18(15)16/h3-12,20H,2,13H2,1H3. The molecule has 2 nitrogen and oxygen atoms in total. The molecular formula is C18H18N2. The minimum Gasteiger partial charge on any atom is -0.381 e. The topological polar surface area (TPSA) is 24.9 Å². The van der Waals surface area contributed by atoms with Gasteiger partial charge in [0.2, 0.25) is 0 Å². The van der Waals surface area contributed by atoms with Crippen LogP contribution in [0.5, 0.6) is 0 Å². The van der Waals surface area contributed by atoms with E-state index in [1.165, 1.54) is 22.2 Å². The zero-order chi connectivity index (χ0) is 13.8. The number of aromatic nitrogens is 1. The average molecular weight is 262 g/mol. The monoisotopic (exact) mass is 262 g/mol. The molecule has 0 amide bonds. The maximum Gasteiger partial charge on any atom is 0.0751 e. The van der Waals surface area contributed by atoms with Crippen LogP contribution in [0.3, 0.4) is 0 Å². The summed E-state index contributed by atoms with van der Waals surface area (Å²) in [6.07, 6.45) is 2.89. The molecule has 1 N–H and O–H groups in total. The molecule has 0 saturated heterocycles. The summed E-state index contributed by atoms with van der Waals surface area (Å²) in [5.74, 6) is 0. The van der Waals surface area contributed by atoms with Crippen LogP contribution in [0.15, 0.2) is 60.8 Å². The Balaban J connectivity index is 1.87. The largest absolute Gasteiger partial charge is 0.381 e. The van der Waals surface area contributed by atoms with Gasteiger partial charge in [-0.3, -0.25) is 4.98 Å². The van der Waals surface area contributed by atoms with Gasteiger partial charge in [-0.25, -0.2) is 0 Å². The summed E-state index contributed by atoms with van der Waals surface area (Å²) in [6, 6.07) is 18.9. The van der Waals surface area contributed by atoms with E-state index in [4.69, 9.17) is 0 Å². The first-order valence-corrected chi connectivity index (χ1v) is 7.03. The predicted molar refractivity (Wildman–Crippen MR) is 84.9 cm³/mol. The number of pyridine rings is 1. The smallest absolute Gasteiger partial charge is 0.0751 e. The molecule has 0 radical (unpaired) electrons. The van der Waals surface area contributed by atoms with E-state index in [1.807, 2.05) is 12.3 Å². The molecule has 0 aliphatic rings. The number of fused-ring (bicyclic) bond motifs is 1. The first-order chi connectivity index (χ1) is 9.88. The lowest BCUT2D eigenvalue weighted by molar-refractivity contribution is 1.09. The Hall–Kier alpha value is -2.35. The number of anilines is 1. The van der Waals surface area contributed by atoms with Crippen LogP contribution in [-0.4, -0.2) is 4.98 Å². The molecule has 1 heterocycles. The van der Waals surface area contributed by atoms with Crippen LogP contribution < -0.4 is 5.32 Å². The average Bonchev–Trinajstić information content (AvgIpc) is 2.53. The number of rotatable bonds is 4. The van der Waals surface area contributed by atoms with Crippen LogP contribution in [0, 0.1) is 0 Å². The molecule has 2 heteroatoms. The molecule has 0 bridgehead atoms. The van der Waals surface area contributed by atoms with E-state index < -0.39 is 0 Å². The molecule has 0 saturated carbocycles. The second kappa shape index (κ2) is 5.74. The summed E-state index contributed by atoms with van der Waals surface area (Å²) in [7, 11) is 0. The van der Waals surface area contributed by atoms with E-state index in [1.54, 1.807) is 0 Å². The van der Waals surface area contributed by atoms with Gasteiger partial charge in [0.15, 0.2) is 0 Å². The highest BCUT2D eigenvalue weighted by Gasteiger charge is 2.03. The third-order valence-corrected chi connectivity index (χ3v) is 3.58. The van der Waals surface area contributed by atoms with E-state index in [0.29, 0.717) is 0 Å². The lowest BCUT2D eigenvalue weighted by atomic mass is 10.1. The number of aryl methyl sites for hydroxylation is 1. The van der Waals surface area contributed by atoms with Crippen molar-refractivity contribution in [2.24, 2.45) is 0 Å². The summed E-state index contributed by atoms with van der Waals surface area (Å²) in [5.41, 5.74) is 4.87. The molecule has 2 aromatic carbocycles. The van der Waals surface area contributed by atoms with Gasteiger partial charge >= 0.3 is 0 Å². The third kappa shape index (κ3) is 2.50. The molecule has 100 valence electrons. The maximum absolute atomic E-state index is 4.50. The Bertz CT molecular complexity index is 714. The number of hydrogen-bond acceptors (Lipinski definition) is 2. The molecule has 20 heavy (non-hydrogen) atoms. The van der Waals surface area contributed by atoms with Crippen molar-refractivity contribution in [3.63, 3.8) is 0 Å². The predicted octanol–water partition coefficient (Wildman–Crippen LogP) is 4.41. The van der Waals surface area contributed by atoms with Crippen LogP contribution in [0.4, 0.5) is 5.69 Å². The number of hydrogen-bond donors (Lipinski definition) is 1. The van der Waals surface area contributed by atoms with Gasteiger partial charge in [0.05, 0.1) is 5.52 Å². The van der Waals surface area contributed by atoms with Crippen LogP contribution in [-0.2, 0) is 13.0 Å². The fourth-order valence-electron chi connectivity index (χ4n) is 2.50. The molecule has 0 fully saturated rings. The molecule has 0 aliphatic heterocycles. The zero-order valence-electron chi connectivity index (χ0n) is 11.6. The van der Waals surface area contributed by atoms with Crippen LogP contribution in [0.2, 0.25) is 0 Å². The Morgan fingerprint density at radius 1 is 0.900 bits per heavy atom. The highest BCUT2D eigenvalue weighted by molar-refractivity contribution is 5.81. The first-order valence-electron chi connectivity index (χ1n) is 7.03. The van der Waals surface area contributed by atoms with Gasteiger partial charge in [0.1, 0.15) is 0 Å². The van der Waals surface area contributed by atoms with Crippen molar-refractivity contribution < 1.29 is 0 Å². The molecule has 0 aliphatic carbocycles. The molecule has 0 spiro atoms. The summed E-state index contributed by atoms with van der Waals surface area (Å²) in [4.78, 5) is 4.50. The molecule has 3 rings (SSSR count). The van der Waals surface area contributed by atoms with E-state index in [9.17, 15) is 0 Å². The number of para-hydroxylation sites is 2. The summed E-state index contributed by atoms with van der Waals surface area (Å²) >= 11 is 0. The van der Waals surface area contributed by atoms with Crippen molar-refractivity contribution in [2.45, 2.75) is 19.9 Å². The van der Waals surface area contributed by atoms with Gasteiger partial charge in [-0.15, -0.1) is 0 Å². The lowest BCUT2D eigenvalue weighted by Gasteiger charge is -2.12. The van der Waals surface area contributed by atoms with Crippen molar-refractivity contribution in [3.05, 3.63) is 71.9 Å². The van der Waals surface area contributed by atoms with E-state index >= 15 is 0 Å². The Morgan fingerprint density at radius 3 is 2.60 bits per heavy atom. The van der Waals surface area contributed by atoms with Gasteiger partial charge < -0.3 is 5.32 Å². The normalized spacial score (nSPS) is 10.7. The maximum atomic E-state index is 4.50. The Morgan fingerprint density at radius 2 is 1.70 bits per heavy atom. The number of benzene rings is 2. The quantitative estimate of drug-likeness (QED) is 0.753. The first kappa shape index (κ1) is 12.7. The summed E-state index contributed by atoms with van der Waals surface area (Å²) in [5, 5.41) is 4.72. The second-order valence-corrected chi connectivity index (χ2v) is 4.86. The molecule has 0 atom stereocenters. The van der Waals surface area contributed by atoms with Gasteiger partial charge in [-0.2, -0.15) is 0 Å². The van der Waals surface area contributed by atoms with E-state index in [0.717, 1.165) is 18.5 Å². The minimum absolute atomic E-state index is 0.797. The van der Waals surface area contributed by atoms with Gasteiger partial charge in [-0.05, 0) is 29.7 Å². The molecule has 3 aromatic rings. The van der Waals surface area contributed by atoms with E-state index in [2.05, 4.69) is 65.8 Å². The van der Waals surface area contributed by atoms with Gasteiger partial charge in [-0.1, -0.05) is 49.4 Å². The van der Waals surface area contributed by atoms with Crippen LogP contribution in [0.25, 0.3) is 10.9 Å². The third-order valence-electron chi connectivity index (χ3n) is 3.58. The molecular weight excluding hydrogens is 244 g/mol. The molecule has 0 unspecified atom stereocenters. The van der Waals surface area contributed by atoms with Crippen molar-refractivity contribution in [2.75, 3.05) is 5.32 Å². The zero-order valence-corrected chi connectivity index (χ0v) is 11.6. The van der Waals surface area contributed by atoms with E-state index in [-0.39, 0.29) is 0 Å². The molecule has 1 aromatic heterocycles. The Labute approximate surface area is 119 Å². The number of nitrogens with zero attached hydrogens (tertiary/aromatic N) is 1. The van der Waals surface area contributed by atoms with Crippen LogP contribution >= 0.6 is 0 Å². The number of nitrogens with one attached hydrogen (secondary N) is 1. The van der Waals surface area contributed by atoms with Crippen molar-refractivity contribution >= 4 is 16.6 Å². The van der Waals surface area contributed by atoms with Crippen molar-refractivity contribution in [1.29, 1.82) is 0 Å². The van der Waals surface area contributed by atoms with Gasteiger partial charge in [0.25, 0.3) is 0 Å². The summed E-state index contributed by atoms with van der Waals surface area (Å²) in [6.45, 7) is 2.98. The van der Waals surface area contributed by atoms with Gasteiger partial charge in [0, 0.05) is 23.8 Å². The fraction of sp³-hybridized carbons (Fsp3) is 0.167. The minimum atomic E-state index is 0.797. The van der Waals surface area contributed by atoms with Crippen LogP contribution in [0.1, 0.15) is 18.1 Å². The van der Waals surface area contributed by atoms with Crippen molar-refractivity contribution in [3.8, 4) is 0 Å². The Kier molecular flexibility index (Phi) is 3.64. The lowest BCUT2D eigenvalue weighted by Crippen LogP contribution is -2.03. The highest BCUT2D eigenvalue weighted by atomic mass is 14.9. The van der Waals surface area contributed by atoms with Crippen molar-refractivity contribution in [1.82, 2.24) is 4.98 Å². The highest BCUT2D eigenvalue weighted by Crippen LogP contribution is 2.20. The second-order valence-electron chi connectivity index (χ2n) is 4.86. The fourth-order valence-corrected chi connectivity index (χ4v) is 2.50. The SMILES string of the molecule is CCc1ccccc1NCc1cccc2cccnc12.